The minimum absolute atomic E-state index is 0.0722. The second kappa shape index (κ2) is 8.83. The molecule has 2 bridgehead atoms. The molecule has 3 amide bonds. The number of aliphatic hydroxyl groups is 1. The Morgan fingerprint density at radius 1 is 1.24 bits per heavy atom. The number of anilines is 1. The van der Waals surface area contributed by atoms with Gasteiger partial charge in [0.25, 0.3) is 0 Å². The number of benzene rings is 1. The van der Waals surface area contributed by atoms with E-state index in [0.29, 0.717) is 18.7 Å². The summed E-state index contributed by atoms with van der Waals surface area (Å²) in [5.41, 5.74) is 0.639. The van der Waals surface area contributed by atoms with E-state index < -0.39 is 27.4 Å². The number of nitrogens with zero attached hydrogens (tertiary/aromatic N) is 1. The first-order valence-electron chi connectivity index (χ1n) is 11.6. The Kier molecular flexibility index (Phi) is 6.39. The molecule has 3 aliphatic heterocycles. The van der Waals surface area contributed by atoms with Gasteiger partial charge in [-0.2, -0.15) is 0 Å². The summed E-state index contributed by atoms with van der Waals surface area (Å²) in [4.78, 5) is 41.9. The van der Waals surface area contributed by atoms with Crippen LogP contribution in [0.5, 0.6) is 5.75 Å². The summed E-state index contributed by atoms with van der Waals surface area (Å²) in [7, 11) is 0. The zero-order chi connectivity index (χ0) is 24.0. The van der Waals surface area contributed by atoms with Gasteiger partial charge in [-0.05, 0) is 64.8 Å². The third kappa shape index (κ3) is 3.89. The van der Waals surface area contributed by atoms with Gasteiger partial charge in [-0.1, -0.05) is 0 Å². The Bertz CT molecular complexity index is 939. The van der Waals surface area contributed by atoms with Crippen LogP contribution in [0.25, 0.3) is 0 Å². The number of aliphatic hydroxyl groups excluding tert-OH is 1. The fourth-order valence-electron chi connectivity index (χ4n) is 5.86. The average Bonchev–Trinajstić information content (AvgIpc) is 3.31. The molecule has 0 aromatic heterocycles. The summed E-state index contributed by atoms with van der Waals surface area (Å²) in [6, 6.07) is 6.40. The highest BCUT2D eigenvalue weighted by molar-refractivity contribution is 8.02. The van der Waals surface area contributed by atoms with Crippen molar-refractivity contribution >= 4 is 35.2 Å². The molecule has 1 aromatic rings. The molecule has 4 rings (SSSR count). The summed E-state index contributed by atoms with van der Waals surface area (Å²) in [5.74, 6) is -1.06. The lowest BCUT2D eigenvalue weighted by Gasteiger charge is -2.35. The van der Waals surface area contributed by atoms with E-state index in [2.05, 4.69) is 10.6 Å². The minimum Gasteiger partial charge on any atom is -0.494 e. The number of β-amino-alcohol motifs (C(OH)–C–C–N with tert-alkyl or cyclic N) is 1. The smallest absolute Gasteiger partial charge is 0.244 e. The first kappa shape index (κ1) is 23.9. The van der Waals surface area contributed by atoms with E-state index in [4.69, 9.17) is 4.74 Å². The lowest BCUT2D eigenvalue weighted by molar-refractivity contribution is -0.140. The maximum atomic E-state index is 13.6. The van der Waals surface area contributed by atoms with Crippen LogP contribution in [0.15, 0.2) is 24.3 Å². The van der Waals surface area contributed by atoms with Crippen LogP contribution in [0.2, 0.25) is 0 Å². The van der Waals surface area contributed by atoms with E-state index in [1.54, 1.807) is 36.0 Å². The standard InChI is InChI=1S/C24H33N3O5S/c1-5-32-16-8-6-15(7-9-16)26-20(29)17-18-22(31)27(12-13-28)19(21(30)25-14(2)3)24(18)11-10-23(17,4)33-24/h6-9,14,17-19,28H,5,10-13H2,1-4H3,(H,25,30)(H,26,29)/t17-,18+,19?,23+,24?/m1/s1. The van der Waals surface area contributed by atoms with Gasteiger partial charge in [-0.15, -0.1) is 11.8 Å². The SMILES string of the molecule is CCOc1ccc(NC(=O)[C@H]2[C@H]3C(=O)N(CCO)C(C(=O)NC(C)C)C34CC[C@]2(C)S4)cc1. The number of thioether (sulfide) groups is 1. The molecule has 1 aromatic carbocycles. The number of carbonyl (C=O) groups is 3. The molecule has 3 saturated heterocycles. The summed E-state index contributed by atoms with van der Waals surface area (Å²) in [6.45, 7) is 8.12. The van der Waals surface area contributed by atoms with Crippen molar-refractivity contribution in [2.24, 2.45) is 11.8 Å². The molecule has 0 saturated carbocycles. The maximum absolute atomic E-state index is 13.6. The van der Waals surface area contributed by atoms with Crippen molar-refractivity contribution in [3.05, 3.63) is 24.3 Å². The van der Waals surface area contributed by atoms with E-state index in [9.17, 15) is 19.5 Å². The van der Waals surface area contributed by atoms with E-state index in [1.165, 1.54) is 4.90 Å². The first-order chi connectivity index (χ1) is 15.7. The Balaban J connectivity index is 1.64. The molecular weight excluding hydrogens is 442 g/mol. The zero-order valence-electron chi connectivity index (χ0n) is 19.6. The molecule has 3 heterocycles. The van der Waals surface area contributed by atoms with Crippen LogP contribution < -0.4 is 15.4 Å². The first-order valence-corrected chi connectivity index (χ1v) is 12.4. The predicted octanol–water partition coefficient (Wildman–Crippen LogP) is 2.02. The monoisotopic (exact) mass is 475 g/mol. The van der Waals surface area contributed by atoms with Gasteiger partial charge >= 0.3 is 0 Å². The van der Waals surface area contributed by atoms with E-state index in [-0.39, 0.29) is 36.9 Å². The number of hydrogen-bond acceptors (Lipinski definition) is 6. The van der Waals surface area contributed by atoms with Gasteiger partial charge in [0.15, 0.2) is 0 Å². The van der Waals surface area contributed by atoms with Crippen LogP contribution in [0.1, 0.15) is 40.5 Å². The topological polar surface area (TPSA) is 108 Å². The number of hydrogen-bond donors (Lipinski definition) is 3. The summed E-state index contributed by atoms with van der Waals surface area (Å²) in [6.07, 6.45) is 1.44. The molecule has 0 aliphatic carbocycles. The van der Waals surface area contributed by atoms with Crippen LogP contribution in [-0.2, 0) is 14.4 Å². The number of nitrogens with one attached hydrogen (secondary N) is 2. The summed E-state index contributed by atoms with van der Waals surface area (Å²) >= 11 is 1.62. The quantitative estimate of drug-likeness (QED) is 0.531. The van der Waals surface area contributed by atoms with E-state index in [0.717, 1.165) is 12.2 Å². The van der Waals surface area contributed by atoms with Crippen LogP contribution in [0, 0.1) is 11.8 Å². The lowest BCUT2D eigenvalue weighted by atomic mass is 9.66. The molecule has 180 valence electrons. The highest BCUT2D eigenvalue weighted by Crippen LogP contribution is 2.71. The third-order valence-electron chi connectivity index (χ3n) is 7.01. The molecule has 2 unspecified atom stereocenters. The van der Waals surface area contributed by atoms with Gasteiger partial charge in [0.2, 0.25) is 17.7 Å². The Morgan fingerprint density at radius 2 is 1.94 bits per heavy atom. The third-order valence-corrected chi connectivity index (χ3v) is 9.00. The number of ether oxygens (including phenoxy) is 1. The summed E-state index contributed by atoms with van der Waals surface area (Å²) in [5, 5.41) is 15.6. The van der Waals surface area contributed by atoms with Crippen molar-refractivity contribution in [2.75, 3.05) is 25.1 Å². The number of likely N-dealkylation sites (tertiary alicyclic amines) is 1. The second-order valence-electron chi connectivity index (χ2n) is 9.59. The Hall–Kier alpha value is -2.26. The molecule has 3 N–H and O–H groups in total. The van der Waals surface area contributed by atoms with Crippen molar-refractivity contribution in [1.29, 1.82) is 0 Å². The van der Waals surface area contributed by atoms with Crippen molar-refractivity contribution in [3.63, 3.8) is 0 Å². The highest BCUT2D eigenvalue weighted by atomic mass is 32.2. The molecule has 3 fully saturated rings. The van der Waals surface area contributed by atoms with Gasteiger partial charge < -0.3 is 25.4 Å². The minimum atomic E-state index is -0.695. The second-order valence-corrected chi connectivity index (χ2v) is 11.5. The fraction of sp³-hybridized carbons (Fsp3) is 0.625. The van der Waals surface area contributed by atoms with Crippen LogP contribution in [0.4, 0.5) is 5.69 Å². The molecule has 5 atom stereocenters. The van der Waals surface area contributed by atoms with Crippen molar-refractivity contribution in [2.45, 2.75) is 62.1 Å². The average molecular weight is 476 g/mol. The fourth-order valence-corrected chi connectivity index (χ4v) is 8.22. The zero-order valence-corrected chi connectivity index (χ0v) is 20.4. The molecular formula is C24H33N3O5S. The van der Waals surface area contributed by atoms with Crippen molar-refractivity contribution < 1.29 is 24.2 Å². The largest absolute Gasteiger partial charge is 0.494 e. The van der Waals surface area contributed by atoms with Gasteiger partial charge in [-0.3, -0.25) is 14.4 Å². The number of fused-ring (bicyclic) bond motifs is 1. The molecule has 8 nitrogen and oxygen atoms in total. The van der Waals surface area contributed by atoms with Crippen molar-refractivity contribution in [1.82, 2.24) is 10.2 Å². The molecule has 9 heteroatoms. The number of amides is 3. The molecule has 33 heavy (non-hydrogen) atoms. The normalized spacial score (nSPS) is 32.2. The molecule has 1 spiro atoms. The van der Waals surface area contributed by atoms with Crippen LogP contribution in [0.3, 0.4) is 0 Å². The predicted molar refractivity (Wildman–Crippen MR) is 127 cm³/mol. The van der Waals surface area contributed by atoms with Gasteiger partial charge in [0, 0.05) is 23.0 Å². The molecule has 0 radical (unpaired) electrons. The van der Waals surface area contributed by atoms with Crippen molar-refractivity contribution in [3.8, 4) is 5.75 Å². The van der Waals surface area contributed by atoms with E-state index >= 15 is 0 Å². The maximum Gasteiger partial charge on any atom is 0.244 e. The van der Waals surface area contributed by atoms with Crippen LogP contribution in [-0.4, -0.2) is 69.1 Å². The van der Waals surface area contributed by atoms with Gasteiger partial charge in [-0.25, -0.2) is 0 Å². The van der Waals surface area contributed by atoms with Gasteiger partial charge in [0.1, 0.15) is 11.8 Å². The summed E-state index contributed by atoms with van der Waals surface area (Å²) < 4.78 is 4.36. The van der Waals surface area contributed by atoms with Crippen LogP contribution >= 0.6 is 11.8 Å². The lowest BCUT2D eigenvalue weighted by Crippen LogP contribution is -2.55. The highest BCUT2D eigenvalue weighted by Gasteiger charge is 2.77. The molecule has 3 aliphatic rings. The van der Waals surface area contributed by atoms with Gasteiger partial charge in [0.05, 0.1) is 29.8 Å². The Labute approximate surface area is 198 Å². The number of rotatable bonds is 8. The number of carbonyl (C=O) groups excluding carboxylic acids is 3. The Morgan fingerprint density at radius 3 is 2.55 bits per heavy atom. The van der Waals surface area contributed by atoms with E-state index in [1.807, 2.05) is 27.7 Å².